The van der Waals surface area contributed by atoms with Crippen LogP contribution in [0.1, 0.15) is 6.42 Å². The third-order valence-electron chi connectivity index (χ3n) is 1.73. The molecule has 1 aliphatic rings. The van der Waals surface area contributed by atoms with Gasteiger partial charge >= 0.3 is 11.7 Å². The molecule has 1 aromatic rings. The van der Waals surface area contributed by atoms with E-state index in [0.717, 1.165) is 13.0 Å². The van der Waals surface area contributed by atoms with E-state index in [-0.39, 0.29) is 5.69 Å². The fourth-order valence-electron chi connectivity index (χ4n) is 1.17. The van der Waals surface area contributed by atoms with Crippen LogP contribution >= 0.6 is 0 Å². The molecule has 0 N–H and O–H groups in total. The number of ether oxygens (including phenoxy) is 1. The molecule has 0 amide bonds. The van der Waals surface area contributed by atoms with Gasteiger partial charge in [0.05, 0.1) is 6.61 Å². The fourth-order valence-corrected chi connectivity index (χ4v) is 1.17. The highest BCUT2D eigenvalue weighted by Gasteiger charge is 2.15. The molecule has 0 spiro atoms. The zero-order chi connectivity index (χ0) is 7.84. The predicted octanol–water partition coefficient (Wildman–Crippen LogP) is -0.636. The molecule has 0 atom stereocenters. The Morgan fingerprint density at radius 1 is 1.64 bits per heavy atom. The first kappa shape index (κ1) is 6.45. The molecule has 0 saturated carbocycles. The summed E-state index contributed by atoms with van der Waals surface area (Å²) in [5.41, 5.74) is -0.0975. The average Bonchev–Trinajstić information content (AvgIpc) is 2.30. The van der Waals surface area contributed by atoms with Gasteiger partial charge in [-0.15, -0.1) is 5.10 Å². The highest BCUT2D eigenvalue weighted by molar-refractivity contribution is 4.95. The van der Waals surface area contributed by atoms with Crippen molar-refractivity contribution >= 4 is 0 Å². The molecule has 0 aliphatic carbocycles. The molecule has 60 valence electrons. The Bertz CT molecular complexity index is 325. The average molecular weight is 155 g/mol. The minimum atomic E-state index is -0.0975. The van der Waals surface area contributed by atoms with Gasteiger partial charge in [-0.3, -0.25) is 0 Å². The van der Waals surface area contributed by atoms with Crippen molar-refractivity contribution in [2.45, 2.75) is 13.0 Å². The minimum absolute atomic E-state index is 0.0975. The zero-order valence-electron chi connectivity index (χ0n) is 6.28. The van der Waals surface area contributed by atoms with E-state index < -0.39 is 0 Å². The van der Waals surface area contributed by atoms with Gasteiger partial charge in [-0.25, -0.2) is 14.0 Å². The SMILES string of the molecule is Cn1nc2n(c1=O)CCCO2. The Kier molecular flexibility index (Phi) is 1.24. The lowest BCUT2D eigenvalue weighted by molar-refractivity contribution is 0.228. The summed E-state index contributed by atoms with van der Waals surface area (Å²) in [7, 11) is 1.62. The number of hydrogen-bond donors (Lipinski definition) is 0. The monoisotopic (exact) mass is 155 g/mol. The lowest BCUT2D eigenvalue weighted by Crippen LogP contribution is -2.26. The molecule has 11 heavy (non-hydrogen) atoms. The van der Waals surface area contributed by atoms with Crippen LogP contribution in [0, 0.1) is 0 Å². The molecule has 0 unspecified atom stereocenters. The summed E-state index contributed by atoms with van der Waals surface area (Å²) in [5, 5.41) is 3.90. The number of aromatic nitrogens is 3. The maximum absolute atomic E-state index is 11.2. The second kappa shape index (κ2) is 2.11. The topological polar surface area (TPSA) is 49.0 Å². The van der Waals surface area contributed by atoms with Crippen molar-refractivity contribution in [3.05, 3.63) is 10.5 Å². The predicted molar refractivity (Wildman–Crippen MR) is 37.6 cm³/mol. The van der Waals surface area contributed by atoms with Crippen molar-refractivity contribution in [2.75, 3.05) is 6.61 Å². The van der Waals surface area contributed by atoms with Gasteiger partial charge in [0, 0.05) is 13.6 Å². The van der Waals surface area contributed by atoms with Crippen LogP contribution in [0.15, 0.2) is 4.79 Å². The first-order chi connectivity index (χ1) is 5.29. The molecule has 0 fully saturated rings. The Morgan fingerprint density at radius 2 is 2.45 bits per heavy atom. The lowest BCUT2D eigenvalue weighted by Gasteiger charge is -2.11. The van der Waals surface area contributed by atoms with Crippen molar-refractivity contribution in [1.29, 1.82) is 0 Å². The second-order valence-electron chi connectivity index (χ2n) is 2.54. The van der Waals surface area contributed by atoms with Crippen LogP contribution in [0.5, 0.6) is 6.01 Å². The van der Waals surface area contributed by atoms with E-state index in [0.29, 0.717) is 12.6 Å². The molecule has 0 bridgehead atoms. The zero-order valence-corrected chi connectivity index (χ0v) is 6.28. The molecule has 5 nitrogen and oxygen atoms in total. The molecule has 2 rings (SSSR count). The number of rotatable bonds is 0. The van der Waals surface area contributed by atoms with Crippen molar-refractivity contribution in [3.63, 3.8) is 0 Å². The third-order valence-corrected chi connectivity index (χ3v) is 1.73. The first-order valence-corrected chi connectivity index (χ1v) is 3.55. The minimum Gasteiger partial charge on any atom is -0.463 e. The van der Waals surface area contributed by atoms with Crippen LogP contribution in [-0.2, 0) is 13.6 Å². The summed E-state index contributed by atoms with van der Waals surface area (Å²) in [6, 6.07) is 0.448. The summed E-state index contributed by atoms with van der Waals surface area (Å²) in [6.45, 7) is 1.39. The van der Waals surface area contributed by atoms with Crippen molar-refractivity contribution in [3.8, 4) is 6.01 Å². The van der Waals surface area contributed by atoms with Crippen molar-refractivity contribution in [2.24, 2.45) is 7.05 Å². The number of aryl methyl sites for hydroxylation is 1. The maximum Gasteiger partial charge on any atom is 0.348 e. The number of hydrogen-bond acceptors (Lipinski definition) is 3. The summed E-state index contributed by atoms with van der Waals surface area (Å²) in [5.74, 6) is 0. The normalized spacial score (nSPS) is 15.7. The number of nitrogens with zero attached hydrogens (tertiary/aromatic N) is 3. The van der Waals surface area contributed by atoms with Gasteiger partial charge in [0.1, 0.15) is 0 Å². The molecule has 0 saturated heterocycles. The van der Waals surface area contributed by atoms with Gasteiger partial charge in [-0.05, 0) is 6.42 Å². The standard InChI is InChI=1S/C6H9N3O2/c1-8-6(10)9-3-2-4-11-5(9)7-8/h2-4H2,1H3. The van der Waals surface area contributed by atoms with E-state index in [1.165, 1.54) is 4.68 Å². The van der Waals surface area contributed by atoms with Crippen LogP contribution in [-0.4, -0.2) is 21.0 Å². The molecule has 5 heteroatoms. The molecule has 0 radical (unpaired) electrons. The molecular formula is C6H9N3O2. The van der Waals surface area contributed by atoms with Crippen LogP contribution < -0.4 is 10.4 Å². The quantitative estimate of drug-likeness (QED) is 0.501. The molecule has 2 heterocycles. The Morgan fingerprint density at radius 3 is 3.18 bits per heavy atom. The Balaban J connectivity index is 2.59. The van der Waals surface area contributed by atoms with Gasteiger partial charge in [0.15, 0.2) is 0 Å². The highest BCUT2D eigenvalue weighted by atomic mass is 16.5. The molecular weight excluding hydrogens is 146 g/mol. The molecule has 1 aromatic heterocycles. The summed E-state index contributed by atoms with van der Waals surface area (Å²) >= 11 is 0. The largest absolute Gasteiger partial charge is 0.463 e. The Labute approximate surface area is 63.2 Å². The van der Waals surface area contributed by atoms with E-state index >= 15 is 0 Å². The van der Waals surface area contributed by atoms with Crippen LogP contribution in [0.3, 0.4) is 0 Å². The van der Waals surface area contributed by atoms with Crippen molar-refractivity contribution < 1.29 is 4.74 Å². The van der Waals surface area contributed by atoms with Gasteiger partial charge in [-0.2, -0.15) is 0 Å². The van der Waals surface area contributed by atoms with Crippen LogP contribution in [0.25, 0.3) is 0 Å². The van der Waals surface area contributed by atoms with Crippen LogP contribution in [0.2, 0.25) is 0 Å². The van der Waals surface area contributed by atoms with Crippen molar-refractivity contribution in [1.82, 2.24) is 14.3 Å². The maximum atomic E-state index is 11.2. The van der Waals surface area contributed by atoms with E-state index in [9.17, 15) is 4.79 Å². The van der Waals surface area contributed by atoms with Crippen LogP contribution in [0.4, 0.5) is 0 Å². The Hall–Kier alpha value is -1.26. The summed E-state index contributed by atoms with van der Waals surface area (Å²) in [6.07, 6.45) is 0.888. The van der Waals surface area contributed by atoms with E-state index in [1.807, 2.05) is 0 Å². The van der Waals surface area contributed by atoms with Gasteiger partial charge in [0.2, 0.25) is 0 Å². The fraction of sp³-hybridized carbons (Fsp3) is 0.667. The number of fused-ring (bicyclic) bond motifs is 1. The first-order valence-electron chi connectivity index (χ1n) is 3.55. The second-order valence-corrected chi connectivity index (χ2v) is 2.54. The van der Waals surface area contributed by atoms with E-state index in [1.54, 1.807) is 11.6 Å². The summed E-state index contributed by atoms with van der Waals surface area (Å²) < 4.78 is 7.99. The van der Waals surface area contributed by atoms with E-state index in [2.05, 4.69) is 5.10 Å². The van der Waals surface area contributed by atoms with E-state index in [4.69, 9.17) is 4.74 Å². The smallest absolute Gasteiger partial charge is 0.348 e. The third kappa shape index (κ3) is 0.840. The summed E-state index contributed by atoms with van der Waals surface area (Å²) in [4.78, 5) is 11.2. The van der Waals surface area contributed by atoms with Gasteiger partial charge in [-0.1, -0.05) is 0 Å². The van der Waals surface area contributed by atoms with Gasteiger partial charge < -0.3 is 4.74 Å². The lowest BCUT2D eigenvalue weighted by atomic mass is 10.4. The molecule has 1 aliphatic heterocycles. The highest BCUT2D eigenvalue weighted by Crippen LogP contribution is 2.09. The van der Waals surface area contributed by atoms with Gasteiger partial charge in [0.25, 0.3) is 0 Å². The molecule has 0 aromatic carbocycles.